The van der Waals surface area contributed by atoms with Gasteiger partial charge in [0.2, 0.25) is 0 Å². The van der Waals surface area contributed by atoms with Gasteiger partial charge in [-0.05, 0) is 49.7 Å². The number of likely N-dealkylation sites (tertiary alicyclic amines) is 1. The van der Waals surface area contributed by atoms with Crippen molar-refractivity contribution in [2.45, 2.75) is 45.1 Å². The van der Waals surface area contributed by atoms with E-state index in [0.29, 0.717) is 18.9 Å². The third-order valence-electron chi connectivity index (χ3n) is 4.34. The Morgan fingerprint density at radius 1 is 1.40 bits per heavy atom. The summed E-state index contributed by atoms with van der Waals surface area (Å²) >= 11 is 1.56. The molecule has 108 valence electrons. The third-order valence-corrected chi connectivity index (χ3v) is 5.56. The fourth-order valence-corrected chi connectivity index (χ4v) is 4.38. The average Bonchev–Trinajstić information content (AvgIpc) is 3.03. The van der Waals surface area contributed by atoms with Crippen LogP contribution in [0.25, 0.3) is 0 Å². The van der Waals surface area contributed by atoms with Crippen molar-refractivity contribution in [1.29, 1.82) is 0 Å². The molecule has 20 heavy (non-hydrogen) atoms. The van der Waals surface area contributed by atoms with Crippen molar-refractivity contribution in [1.82, 2.24) is 4.90 Å². The number of fused-ring (bicyclic) bond motifs is 1. The fraction of sp³-hybridized carbons (Fsp3) is 0.600. The molecule has 0 radical (unpaired) electrons. The Morgan fingerprint density at radius 2 is 2.20 bits per heavy atom. The van der Waals surface area contributed by atoms with Crippen molar-refractivity contribution in [3.05, 3.63) is 21.4 Å². The van der Waals surface area contributed by atoms with Gasteiger partial charge in [0, 0.05) is 11.4 Å². The summed E-state index contributed by atoms with van der Waals surface area (Å²) in [6.45, 7) is 2.80. The highest BCUT2D eigenvalue weighted by Crippen LogP contribution is 2.33. The molecule has 0 aromatic carbocycles. The number of aliphatic carboxylic acids is 1. The van der Waals surface area contributed by atoms with Crippen molar-refractivity contribution in [3.8, 4) is 0 Å². The Kier molecular flexibility index (Phi) is 3.54. The lowest BCUT2D eigenvalue weighted by Crippen LogP contribution is -2.40. The minimum atomic E-state index is -0.884. The van der Waals surface area contributed by atoms with Crippen LogP contribution in [0.3, 0.4) is 0 Å². The van der Waals surface area contributed by atoms with Gasteiger partial charge in [0.15, 0.2) is 0 Å². The van der Waals surface area contributed by atoms with E-state index in [9.17, 15) is 14.7 Å². The number of carboxylic acid groups (broad SMARTS) is 1. The summed E-state index contributed by atoms with van der Waals surface area (Å²) in [5.41, 5.74) is 1.29. The first-order valence-corrected chi connectivity index (χ1v) is 8.03. The number of carbonyl (C=O) groups excluding carboxylic acids is 1. The second-order valence-electron chi connectivity index (χ2n) is 5.90. The smallest absolute Gasteiger partial charge is 0.326 e. The number of hydrogen-bond donors (Lipinski definition) is 1. The summed E-state index contributed by atoms with van der Waals surface area (Å²) in [6.07, 6.45) is 4.63. The molecule has 1 amide bonds. The monoisotopic (exact) mass is 293 g/mol. The van der Waals surface area contributed by atoms with Crippen LogP contribution in [0.4, 0.5) is 0 Å². The molecule has 4 nitrogen and oxygen atoms in total. The van der Waals surface area contributed by atoms with Gasteiger partial charge in [-0.15, -0.1) is 11.3 Å². The molecule has 2 atom stereocenters. The van der Waals surface area contributed by atoms with Gasteiger partial charge in [0.05, 0.1) is 4.88 Å². The fourth-order valence-electron chi connectivity index (χ4n) is 3.22. The van der Waals surface area contributed by atoms with Crippen molar-refractivity contribution < 1.29 is 14.7 Å². The van der Waals surface area contributed by atoms with Crippen LogP contribution in [0, 0.1) is 5.92 Å². The SMILES string of the molecule is CC1CCc2sc(C(=O)N3CCC[C@@H]3C(=O)O)cc2C1. The summed E-state index contributed by atoms with van der Waals surface area (Å²) in [4.78, 5) is 27.3. The maximum absolute atomic E-state index is 12.5. The molecule has 1 fully saturated rings. The van der Waals surface area contributed by atoms with Crippen molar-refractivity contribution in [2.75, 3.05) is 6.54 Å². The molecule has 0 saturated carbocycles. The number of nitrogens with zero attached hydrogens (tertiary/aromatic N) is 1. The minimum Gasteiger partial charge on any atom is -0.480 e. The number of hydrogen-bond acceptors (Lipinski definition) is 3. The van der Waals surface area contributed by atoms with Gasteiger partial charge >= 0.3 is 5.97 Å². The highest BCUT2D eigenvalue weighted by molar-refractivity contribution is 7.14. The highest BCUT2D eigenvalue weighted by atomic mass is 32.1. The molecule has 5 heteroatoms. The largest absolute Gasteiger partial charge is 0.480 e. The number of thiophene rings is 1. The quantitative estimate of drug-likeness (QED) is 0.911. The van der Waals surface area contributed by atoms with E-state index in [1.807, 2.05) is 6.07 Å². The zero-order valence-corrected chi connectivity index (χ0v) is 12.4. The van der Waals surface area contributed by atoms with Crippen molar-refractivity contribution >= 4 is 23.2 Å². The van der Waals surface area contributed by atoms with E-state index in [-0.39, 0.29) is 5.91 Å². The summed E-state index contributed by atoms with van der Waals surface area (Å²) in [6, 6.07) is 1.36. The van der Waals surface area contributed by atoms with Gasteiger partial charge < -0.3 is 10.0 Å². The van der Waals surface area contributed by atoms with Crippen LogP contribution in [0.2, 0.25) is 0 Å². The maximum atomic E-state index is 12.5. The lowest BCUT2D eigenvalue weighted by atomic mass is 9.90. The maximum Gasteiger partial charge on any atom is 0.326 e. The number of rotatable bonds is 2. The molecular formula is C15H19NO3S. The normalized spacial score (nSPS) is 25.6. The van der Waals surface area contributed by atoms with Crippen molar-refractivity contribution in [3.63, 3.8) is 0 Å². The minimum absolute atomic E-state index is 0.0954. The molecule has 1 aromatic rings. The molecule has 3 rings (SSSR count). The van der Waals surface area contributed by atoms with Gasteiger partial charge in [-0.25, -0.2) is 4.79 Å². The molecule has 0 bridgehead atoms. The predicted molar refractivity (Wildman–Crippen MR) is 77.2 cm³/mol. The van der Waals surface area contributed by atoms with Crippen LogP contribution in [-0.4, -0.2) is 34.5 Å². The number of amides is 1. The summed E-state index contributed by atoms with van der Waals surface area (Å²) < 4.78 is 0. The van der Waals surface area contributed by atoms with Crippen molar-refractivity contribution in [2.24, 2.45) is 5.92 Å². The molecule has 1 aliphatic carbocycles. The van der Waals surface area contributed by atoms with E-state index in [0.717, 1.165) is 24.1 Å². The standard InChI is InChI=1S/C15H19NO3S/c1-9-4-5-12-10(7-9)8-13(20-12)14(17)16-6-2-3-11(16)15(18)19/h8-9,11H,2-7H2,1H3,(H,18,19)/t9?,11-/m1/s1. The molecule has 1 N–H and O–H groups in total. The van der Waals surface area contributed by atoms with E-state index in [4.69, 9.17) is 0 Å². The van der Waals surface area contributed by atoms with E-state index >= 15 is 0 Å². The van der Waals surface area contributed by atoms with Gasteiger partial charge in [0.1, 0.15) is 6.04 Å². The first-order chi connectivity index (χ1) is 9.56. The first-order valence-electron chi connectivity index (χ1n) is 7.21. The summed E-state index contributed by atoms with van der Waals surface area (Å²) in [5.74, 6) is -0.300. The third kappa shape index (κ3) is 2.35. The van der Waals surface area contributed by atoms with Crippen LogP contribution in [-0.2, 0) is 17.6 Å². The molecule has 1 aromatic heterocycles. The Labute approximate surface area is 122 Å². The molecular weight excluding hydrogens is 274 g/mol. The molecule has 2 aliphatic rings. The second-order valence-corrected chi connectivity index (χ2v) is 7.04. The zero-order chi connectivity index (χ0) is 14.3. The number of carbonyl (C=O) groups is 2. The van der Waals surface area contributed by atoms with Crippen LogP contribution >= 0.6 is 11.3 Å². The lowest BCUT2D eigenvalue weighted by Gasteiger charge is -2.20. The first kappa shape index (κ1) is 13.6. The molecule has 1 saturated heterocycles. The highest BCUT2D eigenvalue weighted by Gasteiger charge is 2.35. The summed E-state index contributed by atoms with van der Waals surface area (Å²) in [5, 5.41) is 9.19. The van der Waals surface area contributed by atoms with E-state index in [2.05, 4.69) is 6.92 Å². The van der Waals surface area contributed by atoms with Gasteiger partial charge in [-0.2, -0.15) is 0 Å². The molecule has 1 aliphatic heterocycles. The van der Waals surface area contributed by atoms with Crippen LogP contribution in [0.15, 0.2) is 6.07 Å². The predicted octanol–water partition coefficient (Wildman–Crippen LogP) is 2.56. The Bertz CT molecular complexity index is 551. The van der Waals surface area contributed by atoms with Gasteiger partial charge in [0.25, 0.3) is 5.91 Å². The van der Waals surface area contributed by atoms with Crippen LogP contribution < -0.4 is 0 Å². The van der Waals surface area contributed by atoms with Gasteiger partial charge in [-0.3, -0.25) is 4.79 Å². The average molecular weight is 293 g/mol. The number of carboxylic acids is 1. The van der Waals surface area contributed by atoms with Crippen LogP contribution in [0.5, 0.6) is 0 Å². The van der Waals surface area contributed by atoms with Gasteiger partial charge in [-0.1, -0.05) is 6.92 Å². The Hall–Kier alpha value is -1.36. The Balaban J connectivity index is 1.82. The topological polar surface area (TPSA) is 57.6 Å². The second kappa shape index (κ2) is 5.20. The van der Waals surface area contributed by atoms with Crippen LogP contribution in [0.1, 0.15) is 46.3 Å². The summed E-state index contributed by atoms with van der Waals surface area (Å²) in [7, 11) is 0. The Morgan fingerprint density at radius 3 is 2.95 bits per heavy atom. The lowest BCUT2D eigenvalue weighted by molar-refractivity contribution is -0.141. The number of aryl methyl sites for hydroxylation is 1. The molecule has 2 heterocycles. The molecule has 1 unspecified atom stereocenters. The van der Waals surface area contributed by atoms with E-state index in [1.165, 1.54) is 21.8 Å². The van der Waals surface area contributed by atoms with E-state index < -0.39 is 12.0 Å². The molecule has 0 spiro atoms. The van der Waals surface area contributed by atoms with E-state index in [1.54, 1.807) is 11.3 Å². The zero-order valence-electron chi connectivity index (χ0n) is 11.6.